The van der Waals surface area contributed by atoms with E-state index in [1.165, 1.54) is 0 Å². The Bertz CT molecular complexity index is 719. The number of amides is 1. The molecule has 5 nitrogen and oxygen atoms in total. The van der Waals surface area contributed by atoms with Gasteiger partial charge < -0.3 is 19.7 Å². The maximum atomic E-state index is 13.5. The number of anilines is 1. The number of ether oxygens (including phenoxy) is 2. The molecule has 2 aromatic carbocycles. The van der Waals surface area contributed by atoms with Crippen molar-refractivity contribution < 1.29 is 14.3 Å². The zero-order chi connectivity index (χ0) is 19.1. The zero-order valence-electron chi connectivity index (χ0n) is 16.1. The predicted octanol–water partition coefficient (Wildman–Crippen LogP) is 3.04. The van der Waals surface area contributed by atoms with Crippen molar-refractivity contribution in [3.8, 4) is 5.75 Å². The lowest BCUT2D eigenvalue weighted by molar-refractivity contribution is -0.120. The number of para-hydroxylation sites is 1. The van der Waals surface area contributed by atoms with E-state index in [2.05, 4.69) is 5.32 Å². The summed E-state index contributed by atoms with van der Waals surface area (Å²) < 4.78 is 10.8. The summed E-state index contributed by atoms with van der Waals surface area (Å²) in [4.78, 5) is 15.4. The second kappa shape index (κ2) is 9.02. The molecule has 1 amide bonds. The van der Waals surface area contributed by atoms with Crippen LogP contribution in [0.5, 0.6) is 5.75 Å². The molecule has 0 radical (unpaired) electrons. The Balaban J connectivity index is 1.92. The highest BCUT2D eigenvalue weighted by molar-refractivity contribution is 5.96. The van der Waals surface area contributed by atoms with E-state index >= 15 is 0 Å². The molecular weight excluding hydrogens is 340 g/mol. The number of piperidine rings is 1. The first-order chi connectivity index (χ1) is 13.2. The summed E-state index contributed by atoms with van der Waals surface area (Å²) in [6.45, 7) is 2.28. The molecule has 5 heteroatoms. The molecular formula is C22H28N2O3. The molecule has 1 aliphatic rings. The molecule has 1 fully saturated rings. The third-order valence-electron chi connectivity index (χ3n) is 5.20. The van der Waals surface area contributed by atoms with Crippen LogP contribution in [0, 0.1) is 0 Å². The van der Waals surface area contributed by atoms with Gasteiger partial charge in [0.1, 0.15) is 5.75 Å². The summed E-state index contributed by atoms with van der Waals surface area (Å²) >= 11 is 0. The standard InChI is InChI=1S/C22H28N2O3/c1-26-17-22(12-14-23-15-13-22)24(19-6-4-3-5-7-19)21(25)16-18-8-10-20(27-2)11-9-18/h3-11,23H,12-17H2,1-2H3. The van der Waals surface area contributed by atoms with Gasteiger partial charge in [0.15, 0.2) is 0 Å². The SMILES string of the molecule is COCC1(N(C(=O)Cc2ccc(OC)cc2)c2ccccc2)CCNCC1. The molecule has 0 atom stereocenters. The van der Waals surface area contributed by atoms with Crippen molar-refractivity contribution in [2.75, 3.05) is 38.8 Å². The van der Waals surface area contributed by atoms with Crippen molar-refractivity contribution in [2.24, 2.45) is 0 Å². The Labute approximate surface area is 161 Å². The quantitative estimate of drug-likeness (QED) is 0.816. The van der Waals surface area contributed by atoms with Gasteiger partial charge in [-0.3, -0.25) is 4.79 Å². The average molecular weight is 368 g/mol. The molecule has 1 aliphatic heterocycles. The van der Waals surface area contributed by atoms with Gasteiger partial charge in [-0.2, -0.15) is 0 Å². The molecule has 144 valence electrons. The van der Waals surface area contributed by atoms with Gasteiger partial charge in [-0.25, -0.2) is 0 Å². The summed E-state index contributed by atoms with van der Waals surface area (Å²) in [6.07, 6.45) is 2.08. The number of benzene rings is 2. The largest absolute Gasteiger partial charge is 0.497 e. The number of rotatable bonds is 7. The number of nitrogens with one attached hydrogen (secondary N) is 1. The zero-order valence-corrected chi connectivity index (χ0v) is 16.1. The fourth-order valence-corrected chi connectivity index (χ4v) is 3.85. The lowest BCUT2D eigenvalue weighted by Gasteiger charge is -2.46. The Morgan fingerprint density at radius 1 is 1.04 bits per heavy atom. The van der Waals surface area contributed by atoms with E-state index in [0.29, 0.717) is 13.0 Å². The minimum absolute atomic E-state index is 0.0883. The maximum absolute atomic E-state index is 13.5. The van der Waals surface area contributed by atoms with Crippen LogP contribution in [0.25, 0.3) is 0 Å². The van der Waals surface area contributed by atoms with Crippen LogP contribution in [0.4, 0.5) is 5.69 Å². The highest BCUT2D eigenvalue weighted by atomic mass is 16.5. The summed E-state index contributed by atoms with van der Waals surface area (Å²) in [5, 5.41) is 3.40. The average Bonchev–Trinajstić information content (AvgIpc) is 2.70. The van der Waals surface area contributed by atoms with E-state index in [1.807, 2.05) is 59.5 Å². The second-order valence-corrected chi connectivity index (χ2v) is 7.00. The number of nitrogens with zero attached hydrogens (tertiary/aromatic N) is 1. The van der Waals surface area contributed by atoms with Gasteiger partial charge in [0.05, 0.1) is 25.7 Å². The summed E-state index contributed by atoms with van der Waals surface area (Å²) in [5.41, 5.74) is 1.57. The van der Waals surface area contributed by atoms with Crippen LogP contribution < -0.4 is 15.0 Å². The summed E-state index contributed by atoms with van der Waals surface area (Å²) in [6, 6.07) is 17.6. The van der Waals surface area contributed by atoms with Crippen molar-refractivity contribution in [1.82, 2.24) is 5.32 Å². The third kappa shape index (κ3) is 4.49. The Morgan fingerprint density at radius 2 is 1.70 bits per heavy atom. The Kier molecular flexibility index (Phi) is 6.48. The van der Waals surface area contributed by atoms with E-state index in [-0.39, 0.29) is 11.4 Å². The van der Waals surface area contributed by atoms with Gasteiger partial charge in [0.25, 0.3) is 0 Å². The molecule has 1 heterocycles. The Morgan fingerprint density at radius 3 is 2.30 bits per heavy atom. The van der Waals surface area contributed by atoms with Crippen molar-refractivity contribution in [3.05, 3.63) is 60.2 Å². The smallest absolute Gasteiger partial charge is 0.232 e. The third-order valence-corrected chi connectivity index (χ3v) is 5.20. The molecule has 0 unspecified atom stereocenters. The second-order valence-electron chi connectivity index (χ2n) is 7.00. The lowest BCUT2D eigenvalue weighted by Crippen LogP contribution is -2.60. The Hall–Kier alpha value is -2.37. The maximum Gasteiger partial charge on any atom is 0.232 e. The molecule has 1 saturated heterocycles. The number of carbonyl (C=O) groups is 1. The van der Waals surface area contributed by atoms with Gasteiger partial charge >= 0.3 is 0 Å². The molecule has 0 aromatic heterocycles. The van der Waals surface area contributed by atoms with Gasteiger partial charge in [0.2, 0.25) is 5.91 Å². The van der Waals surface area contributed by atoms with Crippen LogP contribution in [0.15, 0.2) is 54.6 Å². The van der Waals surface area contributed by atoms with E-state index < -0.39 is 0 Å². The van der Waals surface area contributed by atoms with Crippen molar-refractivity contribution in [2.45, 2.75) is 24.8 Å². The summed E-state index contributed by atoms with van der Waals surface area (Å²) in [5.74, 6) is 0.880. The van der Waals surface area contributed by atoms with Crippen molar-refractivity contribution >= 4 is 11.6 Å². The van der Waals surface area contributed by atoms with E-state index in [9.17, 15) is 4.79 Å². The lowest BCUT2D eigenvalue weighted by atomic mass is 9.86. The van der Waals surface area contributed by atoms with E-state index in [1.54, 1.807) is 14.2 Å². The van der Waals surface area contributed by atoms with Crippen molar-refractivity contribution in [3.63, 3.8) is 0 Å². The van der Waals surface area contributed by atoms with Gasteiger partial charge in [-0.1, -0.05) is 30.3 Å². The molecule has 0 aliphatic carbocycles. The molecule has 0 bridgehead atoms. The normalized spacial score (nSPS) is 15.9. The molecule has 1 N–H and O–H groups in total. The van der Waals surface area contributed by atoms with E-state index in [4.69, 9.17) is 9.47 Å². The van der Waals surface area contributed by atoms with Crippen LogP contribution in [0.3, 0.4) is 0 Å². The first-order valence-corrected chi connectivity index (χ1v) is 9.39. The fourth-order valence-electron chi connectivity index (χ4n) is 3.85. The highest BCUT2D eigenvalue weighted by Crippen LogP contribution is 2.33. The first kappa shape index (κ1) is 19.4. The summed E-state index contributed by atoms with van der Waals surface area (Å²) in [7, 11) is 3.35. The number of hydrogen-bond donors (Lipinski definition) is 1. The molecule has 3 rings (SSSR count). The monoisotopic (exact) mass is 368 g/mol. The number of hydrogen-bond acceptors (Lipinski definition) is 4. The highest BCUT2D eigenvalue weighted by Gasteiger charge is 2.41. The predicted molar refractivity (Wildman–Crippen MR) is 107 cm³/mol. The van der Waals surface area contributed by atoms with Crippen molar-refractivity contribution in [1.29, 1.82) is 0 Å². The molecule has 2 aromatic rings. The van der Waals surface area contributed by atoms with Crippen LogP contribution in [0.2, 0.25) is 0 Å². The topological polar surface area (TPSA) is 50.8 Å². The van der Waals surface area contributed by atoms with Gasteiger partial charge in [-0.15, -0.1) is 0 Å². The van der Waals surface area contributed by atoms with E-state index in [0.717, 1.165) is 42.9 Å². The van der Waals surface area contributed by atoms with Crippen LogP contribution in [-0.4, -0.2) is 45.4 Å². The molecule has 27 heavy (non-hydrogen) atoms. The van der Waals surface area contributed by atoms with Crippen LogP contribution >= 0.6 is 0 Å². The minimum atomic E-state index is -0.328. The number of methoxy groups -OCH3 is 2. The molecule has 0 saturated carbocycles. The van der Waals surface area contributed by atoms with Crippen LogP contribution in [-0.2, 0) is 16.0 Å². The molecule has 0 spiro atoms. The minimum Gasteiger partial charge on any atom is -0.497 e. The first-order valence-electron chi connectivity index (χ1n) is 9.39. The fraction of sp³-hybridized carbons (Fsp3) is 0.409. The van der Waals surface area contributed by atoms with Gasteiger partial charge in [0, 0.05) is 12.8 Å². The number of carbonyl (C=O) groups excluding carboxylic acids is 1. The van der Waals surface area contributed by atoms with Gasteiger partial charge in [-0.05, 0) is 55.8 Å². The van der Waals surface area contributed by atoms with Crippen LogP contribution in [0.1, 0.15) is 18.4 Å².